The maximum atomic E-state index is 12.2. The van der Waals surface area contributed by atoms with Gasteiger partial charge >= 0.3 is 0 Å². The lowest BCUT2D eigenvalue weighted by molar-refractivity contribution is -0.125. The Morgan fingerprint density at radius 2 is 2.11 bits per heavy atom. The van der Waals surface area contributed by atoms with Crippen LogP contribution in [0, 0.1) is 0 Å². The lowest BCUT2D eigenvalue weighted by atomic mass is 9.84. The molecular weight excluding hydrogens is 292 g/mol. The van der Waals surface area contributed by atoms with Crippen LogP contribution in [-0.4, -0.2) is 19.0 Å². The number of nitrogens with two attached hydrogens (primary N) is 1. The summed E-state index contributed by atoms with van der Waals surface area (Å²) in [5.41, 5.74) is 5.91. The number of hydrogen-bond acceptors (Lipinski definition) is 2. The van der Waals surface area contributed by atoms with Crippen LogP contribution in [0.2, 0.25) is 0 Å². The number of carbonyl (C=O) groups excluding carboxylic acids is 1. The van der Waals surface area contributed by atoms with E-state index in [4.69, 9.17) is 5.73 Å². The van der Waals surface area contributed by atoms with Gasteiger partial charge < -0.3 is 11.1 Å². The minimum Gasteiger partial charge on any atom is -0.355 e. The maximum Gasteiger partial charge on any atom is 0.230 e. The molecule has 3 N–H and O–H groups in total. The first kappa shape index (κ1) is 15.2. The highest BCUT2D eigenvalue weighted by Gasteiger charge is 2.29. The number of halogens is 1. The van der Waals surface area contributed by atoms with Gasteiger partial charge in [0.2, 0.25) is 5.91 Å². The largest absolute Gasteiger partial charge is 0.355 e. The average molecular weight is 313 g/mol. The van der Waals surface area contributed by atoms with Gasteiger partial charge in [-0.05, 0) is 50.9 Å². The molecule has 0 aliphatic heterocycles. The maximum absolute atomic E-state index is 12.2. The van der Waals surface area contributed by atoms with Gasteiger partial charge in [0, 0.05) is 11.0 Å². The Morgan fingerprint density at radius 1 is 1.39 bits per heavy atom. The first-order valence-corrected chi connectivity index (χ1v) is 7.02. The zero-order valence-electron chi connectivity index (χ0n) is 11.0. The molecule has 0 bridgehead atoms. The van der Waals surface area contributed by atoms with Gasteiger partial charge in [-0.15, -0.1) is 0 Å². The average Bonchev–Trinajstić information content (AvgIpc) is 2.34. The van der Waals surface area contributed by atoms with E-state index in [1.165, 1.54) is 0 Å². The van der Waals surface area contributed by atoms with Crippen LogP contribution in [-0.2, 0) is 10.2 Å². The molecule has 18 heavy (non-hydrogen) atoms. The fourth-order valence-electron chi connectivity index (χ4n) is 1.70. The normalized spacial score (nSPS) is 11.3. The van der Waals surface area contributed by atoms with Gasteiger partial charge in [-0.2, -0.15) is 0 Å². The number of benzene rings is 1. The SMILES string of the molecule is CC(C)(C(=O)NCCCCN)c1cccc(Br)c1. The third kappa shape index (κ3) is 4.10. The number of rotatable bonds is 6. The Labute approximate surface area is 117 Å². The van der Waals surface area contributed by atoms with Crippen LogP contribution in [0.5, 0.6) is 0 Å². The van der Waals surface area contributed by atoms with E-state index in [2.05, 4.69) is 21.2 Å². The molecule has 0 atom stereocenters. The Morgan fingerprint density at radius 3 is 2.72 bits per heavy atom. The van der Waals surface area contributed by atoms with Crippen LogP contribution < -0.4 is 11.1 Å². The highest BCUT2D eigenvalue weighted by molar-refractivity contribution is 9.10. The van der Waals surface area contributed by atoms with E-state index in [0.29, 0.717) is 13.1 Å². The van der Waals surface area contributed by atoms with E-state index in [1.807, 2.05) is 38.1 Å². The highest BCUT2D eigenvalue weighted by Crippen LogP contribution is 2.25. The van der Waals surface area contributed by atoms with E-state index in [0.717, 1.165) is 22.9 Å². The Balaban J connectivity index is 2.65. The van der Waals surface area contributed by atoms with E-state index < -0.39 is 5.41 Å². The van der Waals surface area contributed by atoms with Crippen LogP contribution in [0.4, 0.5) is 0 Å². The van der Waals surface area contributed by atoms with Gasteiger partial charge in [-0.1, -0.05) is 28.1 Å². The van der Waals surface area contributed by atoms with Crippen molar-refractivity contribution in [3.63, 3.8) is 0 Å². The monoisotopic (exact) mass is 312 g/mol. The number of unbranched alkanes of at least 4 members (excludes halogenated alkanes) is 1. The van der Waals surface area contributed by atoms with E-state index >= 15 is 0 Å². The van der Waals surface area contributed by atoms with Crippen molar-refractivity contribution in [3.05, 3.63) is 34.3 Å². The Bertz CT molecular complexity index is 405. The van der Waals surface area contributed by atoms with Crippen LogP contribution in [0.1, 0.15) is 32.3 Å². The minimum atomic E-state index is -0.521. The highest BCUT2D eigenvalue weighted by atomic mass is 79.9. The summed E-state index contributed by atoms with van der Waals surface area (Å²) >= 11 is 3.43. The summed E-state index contributed by atoms with van der Waals surface area (Å²) in [6.07, 6.45) is 1.87. The lowest BCUT2D eigenvalue weighted by Crippen LogP contribution is -2.40. The summed E-state index contributed by atoms with van der Waals surface area (Å²) in [6, 6.07) is 7.87. The smallest absolute Gasteiger partial charge is 0.230 e. The molecule has 3 nitrogen and oxygen atoms in total. The van der Waals surface area contributed by atoms with Gasteiger partial charge in [0.25, 0.3) is 0 Å². The van der Waals surface area contributed by atoms with Crippen LogP contribution in [0.25, 0.3) is 0 Å². The quantitative estimate of drug-likeness (QED) is 0.793. The van der Waals surface area contributed by atoms with Crippen LogP contribution in [0.15, 0.2) is 28.7 Å². The minimum absolute atomic E-state index is 0.0534. The second-order valence-electron chi connectivity index (χ2n) is 4.89. The molecule has 100 valence electrons. The topological polar surface area (TPSA) is 55.1 Å². The third-order valence-electron chi connectivity index (χ3n) is 3.03. The lowest BCUT2D eigenvalue weighted by Gasteiger charge is -2.24. The van der Waals surface area contributed by atoms with Gasteiger partial charge in [-0.25, -0.2) is 0 Å². The van der Waals surface area contributed by atoms with Gasteiger partial charge in [0.1, 0.15) is 0 Å². The van der Waals surface area contributed by atoms with Gasteiger partial charge in [0.15, 0.2) is 0 Å². The molecule has 1 aromatic rings. The Hall–Kier alpha value is -0.870. The predicted octanol–water partition coefficient (Wildman–Crippen LogP) is 2.58. The summed E-state index contributed by atoms with van der Waals surface area (Å²) in [6.45, 7) is 5.23. The fourth-order valence-corrected chi connectivity index (χ4v) is 2.10. The van der Waals surface area contributed by atoms with Crippen molar-refractivity contribution in [2.24, 2.45) is 5.73 Å². The van der Waals surface area contributed by atoms with E-state index in [1.54, 1.807) is 0 Å². The Kier molecular flexibility index (Phi) is 5.82. The summed E-state index contributed by atoms with van der Waals surface area (Å²) in [5.74, 6) is 0.0534. The molecule has 0 heterocycles. The molecule has 0 fully saturated rings. The number of carbonyl (C=O) groups is 1. The second kappa shape index (κ2) is 6.90. The van der Waals surface area contributed by atoms with E-state index in [-0.39, 0.29) is 5.91 Å². The van der Waals surface area contributed by atoms with Crippen LogP contribution >= 0.6 is 15.9 Å². The molecule has 0 saturated carbocycles. The van der Waals surface area contributed by atoms with Crippen molar-refractivity contribution >= 4 is 21.8 Å². The van der Waals surface area contributed by atoms with Crippen molar-refractivity contribution in [1.82, 2.24) is 5.32 Å². The van der Waals surface area contributed by atoms with Crippen molar-refractivity contribution < 1.29 is 4.79 Å². The van der Waals surface area contributed by atoms with Crippen molar-refractivity contribution in [2.75, 3.05) is 13.1 Å². The van der Waals surface area contributed by atoms with E-state index in [9.17, 15) is 4.79 Å². The van der Waals surface area contributed by atoms with Gasteiger partial charge in [0.05, 0.1) is 5.41 Å². The first-order chi connectivity index (χ1) is 8.48. The van der Waals surface area contributed by atoms with Gasteiger partial charge in [-0.3, -0.25) is 4.79 Å². The zero-order chi connectivity index (χ0) is 13.6. The van der Waals surface area contributed by atoms with Crippen LogP contribution in [0.3, 0.4) is 0 Å². The predicted molar refractivity (Wildman–Crippen MR) is 78.5 cm³/mol. The molecule has 0 aromatic heterocycles. The van der Waals surface area contributed by atoms with Crippen molar-refractivity contribution in [2.45, 2.75) is 32.1 Å². The first-order valence-electron chi connectivity index (χ1n) is 6.23. The molecule has 0 unspecified atom stereocenters. The molecule has 0 aliphatic rings. The molecule has 0 saturated heterocycles. The summed E-state index contributed by atoms with van der Waals surface area (Å²) in [5, 5.41) is 2.97. The van der Waals surface area contributed by atoms with Crippen molar-refractivity contribution in [3.8, 4) is 0 Å². The summed E-state index contributed by atoms with van der Waals surface area (Å²) in [7, 11) is 0. The molecule has 0 radical (unpaired) electrons. The summed E-state index contributed by atoms with van der Waals surface area (Å²) in [4.78, 5) is 12.2. The third-order valence-corrected chi connectivity index (χ3v) is 3.52. The number of nitrogens with one attached hydrogen (secondary N) is 1. The number of hydrogen-bond donors (Lipinski definition) is 2. The molecule has 1 rings (SSSR count). The second-order valence-corrected chi connectivity index (χ2v) is 5.80. The molecule has 1 amide bonds. The standard InChI is InChI=1S/C14H21BrN2O/c1-14(2,11-6-5-7-12(15)10-11)13(18)17-9-4-3-8-16/h5-7,10H,3-4,8-9,16H2,1-2H3,(H,17,18). The molecule has 1 aromatic carbocycles. The molecular formula is C14H21BrN2O. The van der Waals surface area contributed by atoms with Crippen molar-refractivity contribution in [1.29, 1.82) is 0 Å². The fraction of sp³-hybridized carbons (Fsp3) is 0.500. The molecule has 4 heteroatoms. The zero-order valence-corrected chi connectivity index (χ0v) is 12.6. The summed E-state index contributed by atoms with van der Waals surface area (Å²) < 4.78 is 0.990. The molecule has 0 spiro atoms. The molecule has 0 aliphatic carbocycles. The number of amides is 1.